The number of benzene rings is 1. The number of nitrogens with zero attached hydrogens (tertiary/aromatic N) is 1. The fourth-order valence-corrected chi connectivity index (χ4v) is 2.29. The van der Waals surface area contributed by atoms with E-state index in [-0.39, 0.29) is 5.75 Å². The van der Waals surface area contributed by atoms with Crippen LogP contribution in [0.3, 0.4) is 0 Å². The van der Waals surface area contributed by atoms with Crippen LogP contribution in [0.25, 0.3) is 0 Å². The van der Waals surface area contributed by atoms with Crippen LogP contribution in [0.15, 0.2) is 29.2 Å². The monoisotopic (exact) mass is 261 g/mol. The summed E-state index contributed by atoms with van der Waals surface area (Å²) in [5, 5.41) is 0. The van der Waals surface area contributed by atoms with Crippen LogP contribution in [0.5, 0.6) is 0 Å². The number of hydrogen-bond donors (Lipinski definition) is 0. The molecule has 1 aromatic carbocycles. The molecule has 0 spiro atoms. The van der Waals surface area contributed by atoms with Crippen LogP contribution >= 0.6 is 11.6 Å². The van der Waals surface area contributed by atoms with E-state index in [0.717, 1.165) is 12.1 Å². The molecule has 0 N–H and O–H groups in total. The van der Waals surface area contributed by atoms with Gasteiger partial charge in [0.15, 0.2) is 9.84 Å². The van der Waals surface area contributed by atoms with E-state index in [2.05, 4.69) is 0 Å². The Morgan fingerprint density at radius 2 is 1.81 bits per heavy atom. The SMILES string of the molecule is CCS(=O)(=O)c1ccc(CN(C)CCl)cc1. The van der Waals surface area contributed by atoms with Crippen molar-refractivity contribution in [2.24, 2.45) is 0 Å². The quantitative estimate of drug-likeness (QED) is 0.602. The Labute approximate surface area is 102 Å². The van der Waals surface area contributed by atoms with Crippen molar-refractivity contribution in [2.75, 3.05) is 18.8 Å². The Balaban J connectivity index is 2.84. The maximum absolute atomic E-state index is 11.6. The summed E-state index contributed by atoms with van der Waals surface area (Å²) >= 11 is 5.66. The van der Waals surface area contributed by atoms with Crippen molar-refractivity contribution < 1.29 is 8.42 Å². The highest BCUT2D eigenvalue weighted by molar-refractivity contribution is 7.91. The molecule has 90 valence electrons. The Morgan fingerprint density at radius 3 is 2.25 bits per heavy atom. The second-order valence-electron chi connectivity index (χ2n) is 3.68. The molecule has 1 rings (SSSR count). The molecule has 3 nitrogen and oxygen atoms in total. The Morgan fingerprint density at radius 1 is 1.25 bits per heavy atom. The predicted octanol–water partition coefficient (Wildman–Crippen LogP) is 2.11. The molecule has 0 aliphatic rings. The number of hydrogen-bond acceptors (Lipinski definition) is 3. The number of rotatable bonds is 5. The van der Waals surface area contributed by atoms with Crippen LogP contribution < -0.4 is 0 Å². The third kappa shape index (κ3) is 3.47. The molecule has 5 heteroatoms. The molecule has 0 saturated carbocycles. The van der Waals surface area contributed by atoms with Crippen LogP contribution in [0.1, 0.15) is 12.5 Å². The lowest BCUT2D eigenvalue weighted by molar-refractivity contribution is 0.382. The van der Waals surface area contributed by atoms with Crippen LogP contribution in [0.4, 0.5) is 0 Å². The van der Waals surface area contributed by atoms with Crippen molar-refractivity contribution in [1.29, 1.82) is 0 Å². The minimum absolute atomic E-state index is 0.133. The Kier molecular flexibility index (Phi) is 4.77. The van der Waals surface area contributed by atoms with Crippen molar-refractivity contribution in [3.05, 3.63) is 29.8 Å². The molecule has 0 amide bonds. The molecule has 0 heterocycles. The van der Waals surface area contributed by atoms with Crippen molar-refractivity contribution in [1.82, 2.24) is 4.90 Å². The largest absolute Gasteiger partial charge is 0.289 e. The van der Waals surface area contributed by atoms with Crippen molar-refractivity contribution in [2.45, 2.75) is 18.4 Å². The maximum Gasteiger partial charge on any atom is 0.178 e. The van der Waals surface area contributed by atoms with Crippen molar-refractivity contribution in [3.63, 3.8) is 0 Å². The van der Waals surface area contributed by atoms with E-state index in [1.165, 1.54) is 0 Å². The number of halogens is 1. The standard InChI is InChI=1S/C11H16ClNO2S/c1-3-16(14,15)11-6-4-10(5-7-11)8-13(2)9-12/h4-7H,3,8-9H2,1-2H3. The van der Waals surface area contributed by atoms with E-state index >= 15 is 0 Å². The molecule has 0 bridgehead atoms. The van der Waals surface area contributed by atoms with Gasteiger partial charge in [0.1, 0.15) is 0 Å². The topological polar surface area (TPSA) is 37.4 Å². The summed E-state index contributed by atoms with van der Waals surface area (Å²) in [7, 11) is -1.18. The normalized spacial score (nSPS) is 12.0. The van der Waals surface area contributed by atoms with Gasteiger partial charge in [-0.25, -0.2) is 8.42 Å². The Bertz CT molecular complexity index is 428. The summed E-state index contributed by atoms with van der Waals surface area (Å²) in [4.78, 5) is 2.32. The highest BCUT2D eigenvalue weighted by atomic mass is 35.5. The molecule has 0 fully saturated rings. The van der Waals surface area contributed by atoms with Crippen molar-refractivity contribution in [3.8, 4) is 0 Å². The molecule has 0 aliphatic heterocycles. The average Bonchev–Trinajstić information content (AvgIpc) is 2.29. The molecule has 0 atom stereocenters. The summed E-state index contributed by atoms with van der Waals surface area (Å²) in [5.74, 6) is 0.133. The zero-order valence-electron chi connectivity index (χ0n) is 9.48. The third-order valence-corrected chi connectivity index (χ3v) is 4.48. The fourth-order valence-electron chi connectivity index (χ4n) is 1.32. The lowest BCUT2D eigenvalue weighted by atomic mass is 10.2. The van der Waals surface area contributed by atoms with Crippen molar-refractivity contribution >= 4 is 21.4 Å². The Hall–Kier alpha value is -0.580. The molecule has 0 radical (unpaired) electrons. The summed E-state index contributed by atoms with van der Waals surface area (Å²) in [6.45, 7) is 2.36. The summed E-state index contributed by atoms with van der Waals surface area (Å²) in [6, 6.07) is 7.40. The highest BCUT2D eigenvalue weighted by Gasteiger charge is 2.10. The van der Waals surface area contributed by atoms with Gasteiger partial charge >= 0.3 is 0 Å². The van der Waals surface area contributed by atoms with Gasteiger partial charge in [-0.3, -0.25) is 4.90 Å². The lowest BCUT2D eigenvalue weighted by Gasteiger charge is -2.12. The average molecular weight is 262 g/mol. The molecule has 0 aromatic heterocycles. The van der Waals surface area contributed by atoms with Gasteiger partial charge in [-0.2, -0.15) is 0 Å². The summed E-state index contributed by atoms with van der Waals surface area (Å²) < 4.78 is 23.1. The van der Waals surface area contributed by atoms with Gasteiger partial charge in [0, 0.05) is 6.54 Å². The second-order valence-corrected chi connectivity index (χ2v) is 6.20. The minimum Gasteiger partial charge on any atom is -0.289 e. The van der Waals surface area contributed by atoms with Crippen LogP contribution in [-0.2, 0) is 16.4 Å². The van der Waals surface area contributed by atoms with E-state index in [1.807, 2.05) is 24.1 Å². The van der Waals surface area contributed by atoms with Crippen LogP contribution in [0, 0.1) is 0 Å². The van der Waals surface area contributed by atoms with Crippen LogP contribution in [-0.4, -0.2) is 32.1 Å². The van der Waals surface area contributed by atoms with E-state index in [1.54, 1.807) is 19.1 Å². The first-order chi connectivity index (χ1) is 7.49. The molecule has 16 heavy (non-hydrogen) atoms. The highest BCUT2D eigenvalue weighted by Crippen LogP contribution is 2.13. The maximum atomic E-state index is 11.6. The molecular formula is C11H16ClNO2S. The van der Waals surface area contributed by atoms with Gasteiger partial charge in [0.25, 0.3) is 0 Å². The van der Waals surface area contributed by atoms with Gasteiger partial charge in [0.2, 0.25) is 0 Å². The summed E-state index contributed by atoms with van der Waals surface area (Å²) in [6.07, 6.45) is 0. The zero-order chi connectivity index (χ0) is 12.2. The molecule has 0 saturated heterocycles. The molecule has 0 unspecified atom stereocenters. The molecule has 1 aromatic rings. The first-order valence-electron chi connectivity index (χ1n) is 5.06. The smallest absolute Gasteiger partial charge is 0.178 e. The van der Waals surface area contributed by atoms with Gasteiger partial charge in [0.05, 0.1) is 16.7 Å². The molecule has 0 aliphatic carbocycles. The third-order valence-electron chi connectivity index (χ3n) is 2.32. The van der Waals surface area contributed by atoms with Crippen LogP contribution in [0.2, 0.25) is 0 Å². The number of alkyl halides is 1. The first-order valence-corrected chi connectivity index (χ1v) is 7.24. The predicted molar refractivity (Wildman–Crippen MR) is 66.4 cm³/mol. The second kappa shape index (κ2) is 5.66. The van der Waals surface area contributed by atoms with E-state index in [9.17, 15) is 8.42 Å². The van der Waals surface area contributed by atoms with Gasteiger partial charge in [-0.1, -0.05) is 19.1 Å². The number of sulfone groups is 1. The van der Waals surface area contributed by atoms with Gasteiger partial charge < -0.3 is 0 Å². The first kappa shape index (κ1) is 13.5. The lowest BCUT2D eigenvalue weighted by Crippen LogP contribution is -2.15. The van der Waals surface area contributed by atoms with Gasteiger partial charge in [-0.05, 0) is 24.7 Å². The molecular weight excluding hydrogens is 246 g/mol. The van der Waals surface area contributed by atoms with E-state index in [0.29, 0.717) is 10.9 Å². The fraction of sp³-hybridized carbons (Fsp3) is 0.455. The van der Waals surface area contributed by atoms with E-state index < -0.39 is 9.84 Å². The van der Waals surface area contributed by atoms with E-state index in [4.69, 9.17) is 11.6 Å². The zero-order valence-corrected chi connectivity index (χ0v) is 11.1. The van der Waals surface area contributed by atoms with Gasteiger partial charge in [-0.15, -0.1) is 11.6 Å². The minimum atomic E-state index is -3.09. The summed E-state index contributed by atoms with van der Waals surface area (Å²) in [5.41, 5.74) is 1.05.